The van der Waals surface area contributed by atoms with Gasteiger partial charge in [0.1, 0.15) is 5.60 Å². The fraction of sp³-hybridized carbons (Fsp3) is 0.682. The van der Waals surface area contributed by atoms with E-state index in [1.165, 1.54) is 18.4 Å². The van der Waals surface area contributed by atoms with Gasteiger partial charge in [-0.3, -0.25) is 4.90 Å². The fourth-order valence-electron chi connectivity index (χ4n) is 4.07. The molecule has 2 saturated heterocycles. The molecule has 2 aliphatic rings. The standard InChI is InChI=1S/C22H34N2O3/c1-22(2,3)27-21(25)24-14-8-11-19(24)15-23-13-7-12-20(23)17-26-16-18-9-5-4-6-10-18/h4-6,9-10,19-20H,7-8,11-17H2,1-3H3/t19-,20-/m0/s1. The highest BCUT2D eigenvalue weighted by atomic mass is 16.6. The van der Waals surface area contributed by atoms with Crippen LogP contribution in [-0.4, -0.2) is 59.8 Å². The average Bonchev–Trinajstić information content (AvgIpc) is 3.24. The molecule has 0 N–H and O–H groups in total. The summed E-state index contributed by atoms with van der Waals surface area (Å²) in [5.41, 5.74) is 0.778. The minimum absolute atomic E-state index is 0.166. The fourth-order valence-corrected chi connectivity index (χ4v) is 4.07. The second kappa shape index (κ2) is 9.07. The number of hydrogen-bond acceptors (Lipinski definition) is 4. The Balaban J connectivity index is 1.48. The summed E-state index contributed by atoms with van der Waals surface area (Å²) in [6.45, 7) is 10.0. The number of benzene rings is 1. The largest absolute Gasteiger partial charge is 0.444 e. The van der Waals surface area contributed by atoms with Crippen molar-refractivity contribution in [1.82, 2.24) is 9.80 Å². The van der Waals surface area contributed by atoms with Crippen LogP contribution in [0.4, 0.5) is 4.79 Å². The Bertz CT molecular complexity index is 599. The molecule has 2 fully saturated rings. The van der Waals surface area contributed by atoms with Gasteiger partial charge in [0, 0.05) is 25.2 Å². The molecule has 1 aromatic carbocycles. The molecule has 0 aromatic heterocycles. The van der Waals surface area contributed by atoms with Gasteiger partial charge in [-0.1, -0.05) is 30.3 Å². The van der Waals surface area contributed by atoms with Gasteiger partial charge >= 0.3 is 6.09 Å². The smallest absolute Gasteiger partial charge is 0.410 e. The van der Waals surface area contributed by atoms with Crippen LogP contribution in [0.15, 0.2) is 30.3 Å². The topological polar surface area (TPSA) is 42.0 Å². The first-order valence-electron chi connectivity index (χ1n) is 10.3. The zero-order valence-corrected chi connectivity index (χ0v) is 17.0. The quantitative estimate of drug-likeness (QED) is 0.753. The van der Waals surface area contributed by atoms with Crippen LogP contribution in [0.3, 0.4) is 0 Å². The van der Waals surface area contributed by atoms with Crippen LogP contribution in [0.2, 0.25) is 0 Å². The van der Waals surface area contributed by atoms with E-state index in [-0.39, 0.29) is 12.1 Å². The summed E-state index contributed by atoms with van der Waals surface area (Å²) in [5.74, 6) is 0. The first-order chi connectivity index (χ1) is 12.9. The number of carbonyl (C=O) groups excluding carboxylic acids is 1. The first-order valence-corrected chi connectivity index (χ1v) is 10.3. The van der Waals surface area contributed by atoms with E-state index in [0.717, 1.165) is 39.1 Å². The van der Waals surface area contributed by atoms with E-state index in [9.17, 15) is 4.79 Å². The molecule has 0 spiro atoms. The Morgan fingerprint density at radius 2 is 1.78 bits per heavy atom. The molecule has 3 rings (SSSR count). The van der Waals surface area contributed by atoms with Crippen LogP contribution in [0.25, 0.3) is 0 Å². The van der Waals surface area contributed by atoms with Crippen LogP contribution in [0.5, 0.6) is 0 Å². The van der Waals surface area contributed by atoms with Gasteiger partial charge in [0.05, 0.1) is 13.2 Å². The third kappa shape index (κ3) is 5.94. The van der Waals surface area contributed by atoms with Crippen LogP contribution in [0.1, 0.15) is 52.0 Å². The maximum atomic E-state index is 12.5. The highest BCUT2D eigenvalue weighted by Crippen LogP contribution is 2.25. The maximum absolute atomic E-state index is 12.5. The zero-order valence-electron chi connectivity index (χ0n) is 17.0. The third-order valence-electron chi connectivity index (χ3n) is 5.37. The van der Waals surface area contributed by atoms with Crippen LogP contribution in [0, 0.1) is 0 Å². The Labute approximate surface area is 163 Å². The molecule has 150 valence electrons. The minimum atomic E-state index is -0.439. The number of rotatable bonds is 6. The summed E-state index contributed by atoms with van der Waals surface area (Å²) in [6.07, 6.45) is 4.34. The molecule has 0 radical (unpaired) electrons. The SMILES string of the molecule is CC(C)(C)OC(=O)N1CCC[C@H]1CN1CCC[C@H]1COCc1ccccc1. The van der Waals surface area contributed by atoms with Gasteiger partial charge in [-0.2, -0.15) is 0 Å². The molecule has 5 nitrogen and oxygen atoms in total. The zero-order chi connectivity index (χ0) is 19.3. The lowest BCUT2D eigenvalue weighted by Crippen LogP contribution is -2.47. The minimum Gasteiger partial charge on any atom is -0.444 e. The molecule has 1 aromatic rings. The second-order valence-corrected chi connectivity index (χ2v) is 8.76. The molecule has 27 heavy (non-hydrogen) atoms. The molecule has 0 aliphatic carbocycles. The molecule has 0 bridgehead atoms. The number of nitrogens with zero attached hydrogens (tertiary/aromatic N) is 2. The Hall–Kier alpha value is -1.59. The summed E-state index contributed by atoms with van der Waals surface area (Å²) < 4.78 is 11.6. The monoisotopic (exact) mass is 374 g/mol. The highest BCUT2D eigenvalue weighted by Gasteiger charge is 2.35. The molecule has 0 unspecified atom stereocenters. The molecule has 0 saturated carbocycles. The summed E-state index contributed by atoms with van der Waals surface area (Å²) in [7, 11) is 0. The van der Waals surface area contributed by atoms with E-state index in [1.807, 2.05) is 43.9 Å². The molecule has 2 heterocycles. The summed E-state index contributed by atoms with van der Waals surface area (Å²) >= 11 is 0. The van der Waals surface area contributed by atoms with Gasteiger partial charge in [-0.25, -0.2) is 4.79 Å². The Morgan fingerprint density at radius 3 is 2.52 bits per heavy atom. The molecule has 2 atom stereocenters. The van der Waals surface area contributed by atoms with E-state index in [2.05, 4.69) is 17.0 Å². The van der Waals surface area contributed by atoms with E-state index in [4.69, 9.17) is 9.47 Å². The molecule has 2 aliphatic heterocycles. The van der Waals surface area contributed by atoms with Crippen molar-refractivity contribution < 1.29 is 14.3 Å². The van der Waals surface area contributed by atoms with Gasteiger partial charge in [0.15, 0.2) is 0 Å². The maximum Gasteiger partial charge on any atom is 0.410 e. The molecule has 1 amide bonds. The van der Waals surface area contributed by atoms with Crippen LogP contribution in [-0.2, 0) is 16.1 Å². The van der Waals surface area contributed by atoms with Crippen molar-refractivity contribution in [3.8, 4) is 0 Å². The van der Waals surface area contributed by atoms with E-state index >= 15 is 0 Å². The normalized spacial score (nSPS) is 23.7. The average molecular weight is 375 g/mol. The van der Waals surface area contributed by atoms with Gasteiger partial charge in [0.25, 0.3) is 0 Å². The third-order valence-corrected chi connectivity index (χ3v) is 5.37. The van der Waals surface area contributed by atoms with Gasteiger partial charge < -0.3 is 14.4 Å². The Morgan fingerprint density at radius 1 is 1.07 bits per heavy atom. The van der Waals surface area contributed by atoms with Crippen molar-refractivity contribution in [2.45, 2.75) is 70.7 Å². The molecule has 5 heteroatoms. The highest BCUT2D eigenvalue weighted by molar-refractivity contribution is 5.69. The van der Waals surface area contributed by atoms with Crippen molar-refractivity contribution in [2.24, 2.45) is 0 Å². The van der Waals surface area contributed by atoms with Gasteiger partial charge in [-0.05, 0) is 58.6 Å². The number of ether oxygens (including phenoxy) is 2. The molecular formula is C22H34N2O3. The lowest BCUT2D eigenvalue weighted by molar-refractivity contribution is 0.0161. The van der Waals surface area contributed by atoms with Gasteiger partial charge in [-0.15, -0.1) is 0 Å². The summed E-state index contributed by atoms with van der Waals surface area (Å²) in [4.78, 5) is 17.0. The summed E-state index contributed by atoms with van der Waals surface area (Å²) in [5, 5.41) is 0. The summed E-state index contributed by atoms with van der Waals surface area (Å²) in [6, 6.07) is 11.0. The Kier molecular flexibility index (Phi) is 6.77. The second-order valence-electron chi connectivity index (χ2n) is 8.76. The van der Waals surface area contributed by atoms with E-state index in [0.29, 0.717) is 12.6 Å². The van der Waals surface area contributed by atoms with Crippen molar-refractivity contribution in [3.63, 3.8) is 0 Å². The van der Waals surface area contributed by atoms with Gasteiger partial charge in [0.2, 0.25) is 0 Å². The first kappa shape index (κ1) is 20.2. The lowest BCUT2D eigenvalue weighted by Gasteiger charge is -2.33. The predicted octanol–water partition coefficient (Wildman–Crippen LogP) is 4.07. The number of carbonyl (C=O) groups is 1. The lowest BCUT2D eigenvalue weighted by atomic mass is 10.2. The van der Waals surface area contributed by atoms with Crippen molar-refractivity contribution in [2.75, 3.05) is 26.2 Å². The van der Waals surface area contributed by atoms with Crippen molar-refractivity contribution in [3.05, 3.63) is 35.9 Å². The molecular weight excluding hydrogens is 340 g/mol. The van der Waals surface area contributed by atoms with E-state index < -0.39 is 5.60 Å². The van der Waals surface area contributed by atoms with E-state index in [1.54, 1.807) is 0 Å². The number of amides is 1. The number of hydrogen-bond donors (Lipinski definition) is 0. The van der Waals surface area contributed by atoms with Crippen LogP contribution >= 0.6 is 0 Å². The van der Waals surface area contributed by atoms with Crippen molar-refractivity contribution in [1.29, 1.82) is 0 Å². The number of likely N-dealkylation sites (tertiary alicyclic amines) is 2. The van der Waals surface area contributed by atoms with Crippen molar-refractivity contribution >= 4 is 6.09 Å². The van der Waals surface area contributed by atoms with Crippen LogP contribution < -0.4 is 0 Å². The predicted molar refractivity (Wildman–Crippen MR) is 107 cm³/mol.